The fourth-order valence-corrected chi connectivity index (χ4v) is 7.67. The first kappa shape index (κ1) is 26.5. The van der Waals surface area contributed by atoms with Gasteiger partial charge in [0.1, 0.15) is 0 Å². The van der Waals surface area contributed by atoms with E-state index in [-0.39, 0.29) is 17.6 Å². The molecule has 2 aromatic heterocycles. The molecule has 11 heteroatoms. The number of hydrogen-bond donors (Lipinski definition) is 2. The van der Waals surface area contributed by atoms with Crippen molar-refractivity contribution in [3.63, 3.8) is 0 Å². The number of hydrogen-bond acceptors (Lipinski definition) is 9. The fourth-order valence-electron chi connectivity index (χ4n) is 3.99. The quantitative estimate of drug-likeness (QED) is 0.131. The van der Waals surface area contributed by atoms with Crippen molar-refractivity contribution in [1.29, 1.82) is 0 Å². The number of thioether (sulfide) groups is 2. The summed E-state index contributed by atoms with van der Waals surface area (Å²) in [5.41, 5.74) is 3.36. The fraction of sp³-hybridized carbons (Fsp3) is 0.0690. The molecule has 4 aromatic carbocycles. The summed E-state index contributed by atoms with van der Waals surface area (Å²) >= 11 is 5.82. The molecule has 7 nitrogen and oxygen atoms in total. The van der Waals surface area contributed by atoms with Crippen LogP contribution >= 0.6 is 46.2 Å². The monoisotopic (exact) mass is 599 g/mol. The Hall–Kier alpha value is -3.77. The van der Waals surface area contributed by atoms with E-state index in [1.165, 1.54) is 50.8 Å². The molecule has 0 bridgehead atoms. The summed E-state index contributed by atoms with van der Waals surface area (Å²) in [7, 11) is 0. The highest BCUT2D eigenvalue weighted by Gasteiger charge is 2.13. The maximum atomic E-state index is 12.6. The smallest absolute Gasteiger partial charge is 0.255 e. The highest BCUT2D eigenvalue weighted by atomic mass is 32.2. The van der Waals surface area contributed by atoms with Crippen molar-refractivity contribution in [2.24, 2.45) is 0 Å². The SMILES string of the molecule is O=C(CSc1nc2ccc(NC(=O)c3ccccc3)cc2s1)Nc1nnc(SCc2cccc3ccccc23)s1. The van der Waals surface area contributed by atoms with Crippen molar-refractivity contribution in [3.05, 3.63) is 102 Å². The van der Waals surface area contributed by atoms with Crippen LogP contribution in [0.4, 0.5) is 10.8 Å². The Labute approximate surface area is 246 Å². The average molecular weight is 600 g/mol. The van der Waals surface area contributed by atoms with Crippen LogP contribution in [-0.4, -0.2) is 32.7 Å². The van der Waals surface area contributed by atoms with Crippen molar-refractivity contribution in [3.8, 4) is 0 Å². The minimum absolute atomic E-state index is 0.164. The molecule has 0 aliphatic rings. The number of amides is 2. The second-order valence-corrected chi connectivity index (χ2v) is 13.1. The Balaban J connectivity index is 1.01. The van der Waals surface area contributed by atoms with Crippen LogP contribution in [-0.2, 0) is 10.5 Å². The number of anilines is 2. The predicted molar refractivity (Wildman–Crippen MR) is 167 cm³/mol. The number of nitrogens with one attached hydrogen (secondary N) is 2. The number of rotatable bonds is 9. The zero-order chi connectivity index (χ0) is 27.3. The van der Waals surface area contributed by atoms with Crippen LogP contribution in [0.3, 0.4) is 0 Å². The van der Waals surface area contributed by atoms with E-state index in [0.717, 1.165) is 24.6 Å². The molecule has 0 radical (unpaired) electrons. The van der Waals surface area contributed by atoms with Gasteiger partial charge in [-0.25, -0.2) is 4.98 Å². The molecule has 40 heavy (non-hydrogen) atoms. The van der Waals surface area contributed by atoms with E-state index in [2.05, 4.69) is 56.1 Å². The first-order valence-electron chi connectivity index (χ1n) is 12.2. The van der Waals surface area contributed by atoms with Gasteiger partial charge in [0.25, 0.3) is 5.91 Å². The minimum Gasteiger partial charge on any atom is -0.322 e. The molecule has 0 fully saturated rings. The van der Waals surface area contributed by atoms with Gasteiger partial charge in [0.05, 0.1) is 16.0 Å². The highest BCUT2D eigenvalue weighted by Crippen LogP contribution is 2.33. The first-order valence-corrected chi connectivity index (χ1v) is 15.8. The summed E-state index contributed by atoms with van der Waals surface area (Å²) in [5, 5.41) is 17.1. The van der Waals surface area contributed by atoms with Crippen LogP contribution < -0.4 is 10.6 Å². The third kappa shape index (κ3) is 6.34. The van der Waals surface area contributed by atoms with Gasteiger partial charge in [-0.05, 0) is 46.7 Å². The van der Waals surface area contributed by atoms with Gasteiger partial charge in [-0.2, -0.15) is 0 Å². The van der Waals surface area contributed by atoms with E-state index in [4.69, 9.17) is 0 Å². The highest BCUT2D eigenvalue weighted by molar-refractivity contribution is 8.01. The molecule has 0 saturated carbocycles. The summed E-state index contributed by atoms with van der Waals surface area (Å²) in [6.07, 6.45) is 0. The second-order valence-electron chi connectivity index (χ2n) is 8.62. The number of nitrogens with zero attached hydrogens (tertiary/aromatic N) is 3. The van der Waals surface area contributed by atoms with Gasteiger partial charge in [0, 0.05) is 17.0 Å². The van der Waals surface area contributed by atoms with E-state index in [1.54, 1.807) is 23.9 Å². The van der Waals surface area contributed by atoms with E-state index in [0.29, 0.717) is 16.4 Å². The lowest BCUT2D eigenvalue weighted by Gasteiger charge is -2.04. The Morgan fingerprint density at radius 1 is 0.775 bits per heavy atom. The molecular formula is C29H21N5O2S4. The van der Waals surface area contributed by atoms with E-state index < -0.39 is 0 Å². The Morgan fingerprint density at radius 3 is 2.50 bits per heavy atom. The largest absolute Gasteiger partial charge is 0.322 e. The number of benzene rings is 4. The lowest BCUT2D eigenvalue weighted by molar-refractivity contribution is -0.113. The summed E-state index contributed by atoms with van der Waals surface area (Å²) < 4.78 is 2.52. The maximum Gasteiger partial charge on any atom is 0.255 e. The number of fused-ring (bicyclic) bond motifs is 2. The van der Waals surface area contributed by atoms with Gasteiger partial charge < -0.3 is 5.32 Å². The average Bonchev–Trinajstić information content (AvgIpc) is 3.61. The zero-order valence-electron chi connectivity index (χ0n) is 20.9. The molecule has 2 N–H and O–H groups in total. The lowest BCUT2D eigenvalue weighted by atomic mass is 10.1. The molecule has 0 saturated heterocycles. The van der Waals surface area contributed by atoms with Crippen LogP contribution in [0.15, 0.2) is 99.7 Å². The third-order valence-electron chi connectivity index (χ3n) is 5.87. The summed E-state index contributed by atoms with van der Waals surface area (Å²) in [5.74, 6) is 0.647. The van der Waals surface area contributed by atoms with Crippen LogP contribution in [0.25, 0.3) is 21.0 Å². The Kier molecular flexibility index (Phi) is 8.05. The number of carbonyl (C=O) groups excluding carboxylic acids is 2. The second kappa shape index (κ2) is 12.2. The molecule has 6 rings (SSSR count). The van der Waals surface area contributed by atoms with Crippen LogP contribution in [0.1, 0.15) is 15.9 Å². The standard InChI is InChI=1S/C29H21N5O2S4/c35-25(32-27-33-34-29(40-27)37-16-20-11-6-10-18-7-4-5-12-22(18)20)17-38-28-31-23-14-13-21(15-24(23)39-28)30-26(36)19-8-2-1-3-9-19/h1-15H,16-17H2,(H,30,36)(H,32,33,35). The van der Waals surface area contributed by atoms with E-state index in [9.17, 15) is 9.59 Å². The molecular weight excluding hydrogens is 579 g/mol. The van der Waals surface area contributed by atoms with Crippen LogP contribution in [0.2, 0.25) is 0 Å². The number of carbonyl (C=O) groups is 2. The molecule has 2 amide bonds. The van der Waals surface area contributed by atoms with Gasteiger partial charge in [-0.1, -0.05) is 95.5 Å². The first-order chi connectivity index (χ1) is 19.6. The maximum absolute atomic E-state index is 12.6. The molecule has 0 spiro atoms. The lowest BCUT2D eigenvalue weighted by Crippen LogP contribution is -2.13. The van der Waals surface area contributed by atoms with Crippen molar-refractivity contribution in [1.82, 2.24) is 15.2 Å². The summed E-state index contributed by atoms with van der Waals surface area (Å²) in [6, 6.07) is 29.3. The molecule has 2 heterocycles. The zero-order valence-corrected chi connectivity index (χ0v) is 24.1. The normalized spacial score (nSPS) is 11.1. The molecule has 0 atom stereocenters. The molecule has 0 unspecified atom stereocenters. The number of thiazole rings is 1. The minimum atomic E-state index is -0.165. The molecule has 0 aliphatic heterocycles. The van der Waals surface area contributed by atoms with Gasteiger partial charge in [0.2, 0.25) is 11.0 Å². The van der Waals surface area contributed by atoms with E-state index in [1.807, 2.05) is 48.5 Å². The van der Waals surface area contributed by atoms with Crippen molar-refractivity contribution in [2.75, 3.05) is 16.4 Å². The van der Waals surface area contributed by atoms with Gasteiger partial charge in [-0.3, -0.25) is 14.9 Å². The topological polar surface area (TPSA) is 96.9 Å². The van der Waals surface area contributed by atoms with Crippen molar-refractivity contribution >= 4 is 89.8 Å². The van der Waals surface area contributed by atoms with Gasteiger partial charge >= 0.3 is 0 Å². The van der Waals surface area contributed by atoms with E-state index >= 15 is 0 Å². The Morgan fingerprint density at radius 2 is 1.60 bits per heavy atom. The summed E-state index contributed by atoms with van der Waals surface area (Å²) in [6.45, 7) is 0. The third-order valence-corrected chi connectivity index (χ3v) is 10.1. The molecule has 6 aromatic rings. The number of aromatic nitrogens is 3. The van der Waals surface area contributed by atoms with Gasteiger partial charge in [0.15, 0.2) is 8.68 Å². The Bertz CT molecular complexity index is 1810. The van der Waals surface area contributed by atoms with Crippen LogP contribution in [0.5, 0.6) is 0 Å². The van der Waals surface area contributed by atoms with Crippen molar-refractivity contribution < 1.29 is 9.59 Å². The van der Waals surface area contributed by atoms with Crippen molar-refractivity contribution in [2.45, 2.75) is 14.4 Å². The molecule has 0 aliphatic carbocycles. The van der Waals surface area contributed by atoms with Crippen LogP contribution in [0, 0.1) is 0 Å². The predicted octanol–water partition coefficient (Wildman–Crippen LogP) is 7.58. The molecule has 198 valence electrons. The summed E-state index contributed by atoms with van der Waals surface area (Å²) in [4.78, 5) is 29.6. The van der Waals surface area contributed by atoms with Gasteiger partial charge in [-0.15, -0.1) is 21.5 Å².